The zero-order valence-electron chi connectivity index (χ0n) is 21.5. The van der Waals surface area contributed by atoms with Crippen molar-refractivity contribution in [1.82, 2.24) is 9.80 Å². The number of hydrogen-bond acceptors (Lipinski definition) is 6. The average molecular weight is 498 g/mol. The topological polar surface area (TPSA) is 79.4 Å². The summed E-state index contributed by atoms with van der Waals surface area (Å²) in [6.07, 6.45) is 9.08. The lowest BCUT2D eigenvalue weighted by Crippen LogP contribution is -2.47. The quantitative estimate of drug-likeness (QED) is 0.580. The van der Waals surface area contributed by atoms with Gasteiger partial charge in [-0.15, -0.1) is 0 Å². The van der Waals surface area contributed by atoms with Crippen LogP contribution in [0.15, 0.2) is 18.2 Å². The van der Waals surface area contributed by atoms with E-state index in [1.807, 2.05) is 19.2 Å². The van der Waals surface area contributed by atoms with Gasteiger partial charge in [-0.25, -0.2) is 0 Å². The summed E-state index contributed by atoms with van der Waals surface area (Å²) in [7, 11) is 1.83. The molecule has 0 radical (unpaired) electrons. The molecule has 8 nitrogen and oxygen atoms in total. The number of hydrogen-bond donors (Lipinski definition) is 0. The van der Waals surface area contributed by atoms with Crippen LogP contribution in [0.5, 0.6) is 0 Å². The van der Waals surface area contributed by atoms with Crippen LogP contribution in [0.1, 0.15) is 78.5 Å². The van der Waals surface area contributed by atoms with Gasteiger partial charge >= 0.3 is 0 Å². The van der Waals surface area contributed by atoms with Gasteiger partial charge in [-0.3, -0.25) is 19.3 Å². The predicted molar refractivity (Wildman–Crippen MR) is 136 cm³/mol. The highest BCUT2D eigenvalue weighted by Crippen LogP contribution is 2.37. The summed E-state index contributed by atoms with van der Waals surface area (Å²) in [4.78, 5) is 45.8. The third-order valence-electron chi connectivity index (χ3n) is 8.21. The van der Waals surface area contributed by atoms with E-state index in [-0.39, 0.29) is 35.8 Å². The molecule has 1 aromatic carbocycles. The Kier molecular flexibility index (Phi) is 7.91. The molecule has 0 N–H and O–H groups in total. The minimum Gasteiger partial charge on any atom is -0.376 e. The second-order valence-corrected chi connectivity index (χ2v) is 10.8. The van der Waals surface area contributed by atoms with E-state index in [1.165, 1.54) is 19.3 Å². The maximum absolute atomic E-state index is 13.7. The monoisotopic (exact) mass is 497 g/mol. The summed E-state index contributed by atoms with van der Waals surface area (Å²) in [6.45, 7) is 3.51. The number of rotatable bonds is 5. The van der Waals surface area contributed by atoms with E-state index in [2.05, 4.69) is 4.90 Å². The van der Waals surface area contributed by atoms with Crippen molar-refractivity contribution in [2.45, 2.75) is 69.9 Å². The van der Waals surface area contributed by atoms with Crippen LogP contribution in [0.3, 0.4) is 0 Å². The number of carbonyl (C=O) groups is 3. The molecule has 5 rings (SSSR count). The summed E-state index contributed by atoms with van der Waals surface area (Å²) in [5.74, 6) is -0.365. The van der Waals surface area contributed by atoms with Gasteiger partial charge in [0.05, 0.1) is 48.7 Å². The summed E-state index contributed by atoms with van der Waals surface area (Å²) < 4.78 is 11.2. The Hall–Kier alpha value is -2.45. The third-order valence-corrected chi connectivity index (χ3v) is 8.21. The third kappa shape index (κ3) is 5.16. The fourth-order valence-electron chi connectivity index (χ4n) is 6.32. The Morgan fingerprint density at radius 1 is 1.00 bits per heavy atom. The van der Waals surface area contributed by atoms with E-state index in [0.29, 0.717) is 44.0 Å². The number of anilines is 1. The number of carbonyl (C=O) groups excluding carboxylic acids is 3. The Morgan fingerprint density at radius 2 is 1.78 bits per heavy atom. The van der Waals surface area contributed by atoms with Crippen molar-refractivity contribution >= 4 is 23.4 Å². The molecule has 2 unspecified atom stereocenters. The highest BCUT2D eigenvalue weighted by atomic mass is 16.6. The molecule has 36 heavy (non-hydrogen) atoms. The van der Waals surface area contributed by atoms with E-state index >= 15 is 0 Å². The van der Waals surface area contributed by atoms with E-state index in [9.17, 15) is 14.4 Å². The molecule has 1 aliphatic carbocycles. The van der Waals surface area contributed by atoms with Crippen LogP contribution in [0.4, 0.5) is 5.69 Å². The number of fused-ring (bicyclic) bond motifs is 1. The molecular weight excluding hydrogens is 458 g/mol. The summed E-state index contributed by atoms with van der Waals surface area (Å²) in [5.41, 5.74) is 1.83. The normalized spacial score (nSPS) is 25.9. The van der Waals surface area contributed by atoms with Crippen LogP contribution in [-0.4, -0.2) is 86.2 Å². The SMILES string of the molecule is CN(CC1COCCO1)C(=O)C1CCCN(c2cccc3c2C(=O)N(C2CCCCCCC2)C3=O)C1. The van der Waals surface area contributed by atoms with E-state index in [1.54, 1.807) is 15.9 Å². The highest BCUT2D eigenvalue weighted by molar-refractivity contribution is 6.24. The molecule has 1 aromatic rings. The number of imide groups is 1. The fraction of sp³-hybridized carbons (Fsp3) is 0.679. The molecule has 196 valence electrons. The van der Waals surface area contributed by atoms with Crippen LogP contribution in [0.2, 0.25) is 0 Å². The first kappa shape index (κ1) is 25.2. The minimum absolute atomic E-state index is 0.0131. The molecule has 1 saturated carbocycles. The Labute approximate surface area is 213 Å². The van der Waals surface area contributed by atoms with E-state index in [0.717, 1.165) is 50.8 Å². The lowest BCUT2D eigenvalue weighted by molar-refractivity contribution is -0.140. The van der Waals surface area contributed by atoms with Gasteiger partial charge < -0.3 is 19.3 Å². The number of amides is 3. The van der Waals surface area contributed by atoms with E-state index in [4.69, 9.17) is 9.47 Å². The maximum Gasteiger partial charge on any atom is 0.263 e. The molecule has 4 aliphatic rings. The largest absolute Gasteiger partial charge is 0.376 e. The van der Waals surface area contributed by atoms with Gasteiger partial charge in [-0.2, -0.15) is 0 Å². The van der Waals surface area contributed by atoms with Crippen LogP contribution < -0.4 is 4.90 Å². The van der Waals surface area contributed by atoms with Crippen LogP contribution >= 0.6 is 0 Å². The number of piperidine rings is 1. The second-order valence-electron chi connectivity index (χ2n) is 10.8. The average Bonchev–Trinajstić information content (AvgIpc) is 3.14. The Balaban J connectivity index is 1.30. The molecule has 0 aromatic heterocycles. The van der Waals surface area contributed by atoms with Gasteiger partial charge in [-0.1, -0.05) is 38.2 Å². The maximum atomic E-state index is 13.7. The molecular formula is C28H39N3O5. The molecule has 2 atom stereocenters. The fourth-order valence-corrected chi connectivity index (χ4v) is 6.32. The van der Waals surface area contributed by atoms with Crippen LogP contribution in [0.25, 0.3) is 0 Å². The first-order chi connectivity index (χ1) is 17.5. The molecule has 0 spiro atoms. The van der Waals surface area contributed by atoms with Crippen molar-refractivity contribution in [1.29, 1.82) is 0 Å². The predicted octanol–water partition coefficient (Wildman–Crippen LogP) is 3.49. The smallest absolute Gasteiger partial charge is 0.263 e. The summed E-state index contributed by atoms with van der Waals surface area (Å²) >= 11 is 0. The molecule has 2 saturated heterocycles. The summed E-state index contributed by atoms with van der Waals surface area (Å²) in [6, 6.07) is 5.59. The van der Waals surface area contributed by atoms with Crippen LogP contribution in [0, 0.1) is 5.92 Å². The molecule has 3 fully saturated rings. The van der Waals surface area contributed by atoms with Crippen LogP contribution in [-0.2, 0) is 14.3 Å². The number of likely N-dealkylation sites (N-methyl/N-ethyl adjacent to an activating group) is 1. The van der Waals surface area contributed by atoms with Crippen molar-refractivity contribution in [2.75, 3.05) is 51.4 Å². The van der Waals surface area contributed by atoms with Crippen molar-refractivity contribution in [3.63, 3.8) is 0 Å². The van der Waals surface area contributed by atoms with Crippen molar-refractivity contribution in [3.8, 4) is 0 Å². The molecule has 0 bridgehead atoms. The Bertz CT molecular complexity index is 968. The van der Waals surface area contributed by atoms with Gasteiger partial charge in [0.1, 0.15) is 0 Å². The van der Waals surface area contributed by atoms with Crippen molar-refractivity contribution < 1.29 is 23.9 Å². The van der Waals surface area contributed by atoms with Gasteiger partial charge in [0.15, 0.2) is 0 Å². The zero-order valence-corrected chi connectivity index (χ0v) is 21.5. The zero-order chi connectivity index (χ0) is 25.1. The lowest BCUT2D eigenvalue weighted by atomic mass is 9.94. The number of ether oxygens (including phenoxy) is 2. The first-order valence-corrected chi connectivity index (χ1v) is 13.7. The number of benzene rings is 1. The van der Waals surface area contributed by atoms with Gasteiger partial charge in [-0.05, 0) is 37.8 Å². The van der Waals surface area contributed by atoms with Crippen molar-refractivity contribution in [2.24, 2.45) is 5.92 Å². The van der Waals surface area contributed by atoms with Crippen molar-refractivity contribution in [3.05, 3.63) is 29.3 Å². The highest BCUT2D eigenvalue weighted by Gasteiger charge is 2.42. The first-order valence-electron chi connectivity index (χ1n) is 13.7. The minimum atomic E-state index is -0.156. The molecule has 3 heterocycles. The molecule has 8 heteroatoms. The lowest BCUT2D eigenvalue weighted by Gasteiger charge is -2.37. The van der Waals surface area contributed by atoms with Gasteiger partial charge in [0, 0.05) is 32.7 Å². The Morgan fingerprint density at radius 3 is 2.53 bits per heavy atom. The van der Waals surface area contributed by atoms with Gasteiger partial charge in [0.25, 0.3) is 11.8 Å². The van der Waals surface area contributed by atoms with Gasteiger partial charge in [0.2, 0.25) is 5.91 Å². The standard InChI is InChI=1S/C28H39N3O5/c1-29(18-22-19-35-15-16-36-22)26(32)20-9-8-14-30(17-20)24-13-7-12-23-25(24)28(34)31(27(23)33)21-10-5-3-2-4-6-11-21/h7,12-13,20-22H,2-6,8-11,14-19H2,1H3. The second kappa shape index (κ2) is 11.3. The van der Waals surface area contributed by atoms with E-state index < -0.39 is 0 Å². The molecule has 3 amide bonds. The molecule has 3 aliphatic heterocycles. The summed E-state index contributed by atoms with van der Waals surface area (Å²) in [5, 5.41) is 0. The number of nitrogens with zero attached hydrogens (tertiary/aromatic N) is 3.